The third-order valence-electron chi connectivity index (χ3n) is 2.17. The normalized spacial score (nSPS) is 10.0. The molecule has 0 spiro atoms. The number of hydrogen-bond acceptors (Lipinski definition) is 3. The quantitative estimate of drug-likeness (QED) is 0.757. The van der Waals surface area contributed by atoms with Gasteiger partial charge in [0.1, 0.15) is 6.61 Å². The molecule has 0 aliphatic rings. The lowest BCUT2D eigenvalue weighted by atomic mass is 10.2. The van der Waals surface area contributed by atoms with E-state index in [1.54, 1.807) is 11.3 Å². The second kappa shape index (κ2) is 5.47. The molecule has 0 radical (unpaired) electrons. The zero-order valence-corrected chi connectivity index (χ0v) is 9.57. The standard InChI is InChI=1S/C13H12O2S/c14-13(8-12-6-7-16-10-12)15-9-11-4-2-1-3-5-11/h1-7,10H,8-9H2. The van der Waals surface area contributed by atoms with E-state index < -0.39 is 0 Å². The molecule has 1 aromatic heterocycles. The van der Waals surface area contributed by atoms with Crippen molar-refractivity contribution in [2.75, 3.05) is 0 Å². The summed E-state index contributed by atoms with van der Waals surface area (Å²) in [6.07, 6.45) is 0.357. The Bertz CT molecular complexity index is 434. The molecule has 16 heavy (non-hydrogen) atoms. The fraction of sp³-hybridized carbons (Fsp3) is 0.154. The van der Waals surface area contributed by atoms with Crippen molar-refractivity contribution in [1.82, 2.24) is 0 Å². The van der Waals surface area contributed by atoms with Gasteiger partial charge in [0.25, 0.3) is 0 Å². The van der Waals surface area contributed by atoms with E-state index in [2.05, 4.69) is 0 Å². The minimum atomic E-state index is -0.178. The second-order valence-electron chi connectivity index (χ2n) is 3.45. The smallest absolute Gasteiger partial charge is 0.310 e. The highest BCUT2D eigenvalue weighted by molar-refractivity contribution is 7.07. The van der Waals surface area contributed by atoms with E-state index in [1.165, 1.54) is 0 Å². The number of esters is 1. The van der Waals surface area contributed by atoms with Crippen molar-refractivity contribution in [1.29, 1.82) is 0 Å². The first-order valence-electron chi connectivity index (χ1n) is 5.05. The molecule has 0 atom stereocenters. The molecule has 0 amide bonds. The topological polar surface area (TPSA) is 26.3 Å². The minimum Gasteiger partial charge on any atom is -0.461 e. The van der Waals surface area contributed by atoms with Crippen LogP contribution in [0.3, 0.4) is 0 Å². The van der Waals surface area contributed by atoms with Crippen LogP contribution in [-0.2, 0) is 22.6 Å². The summed E-state index contributed by atoms with van der Waals surface area (Å²) >= 11 is 1.59. The molecular weight excluding hydrogens is 220 g/mol. The summed E-state index contributed by atoms with van der Waals surface area (Å²) in [5.41, 5.74) is 2.03. The lowest BCUT2D eigenvalue weighted by molar-refractivity contribution is -0.144. The molecule has 0 saturated carbocycles. The molecule has 0 aliphatic heterocycles. The van der Waals surface area contributed by atoms with Crippen molar-refractivity contribution in [3.8, 4) is 0 Å². The molecule has 1 heterocycles. The molecule has 3 heteroatoms. The van der Waals surface area contributed by atoms with Crippen LogP contribution in [0.15, 0.2) is 47.2 Å². The van der Waals surface area contributed by atoms with Gasteiger partial charge in [-0.05, 0) is 28.0 Å². The number of ether oxygens (including phenoxy) is 1. The Morgan fingerprint density at radius 2 is 1.94 bits per heavy atom. The maximum Gasteiger partial charge on any atom is 0.310 e. The molecule has 2 aromatic rings. The fourth-order valence-electron chi connectivity index (χ4n) is 1.35. The van der Waals surface area contributed by atoms with Gasteiger partial charge in [-0.15, -0.1) is 0 Å². The zero-order valence-electron chi connectivity index (χ0n) is 8.76. The van der Waals surface area contributed by atoms with E-state index in [9.17, 15) is 4.79 Å². The Labute approximate surface area is 98.5 Å². The van der Waals surface area contributed by atoms with Gasteiger partial charge < -0.3 is 4.74 Å². The van der Waals surface area contributed by atoms with E-state index in [1.807, 2.05) is 47.2 Å². The van der Waals surface area contributed by atoms with Gasteiger partial charge in [-0.3, -0.25) is 4.79 Å². The highest BCUT2D eigenvalue weighted by Crippen LogP contribution is 2.08. The molecule has 2 rings (SSSR count). The van der Waals surface area contributed by atoms with Crippen molar-refractivity contribution in [2.45, 2.75) is 13.0 Å². The Kier molecular flexibility index (Phi) is 3.72. The first kappa shape index (κ1) is 10.9. The number of thiophene rings is 1. The maximum absolute atomic E-state index is 11.5. The van der Waals surface area contributed by atoms with Crippen LogP contribution in [0.1, 0.15) is 11.1 Å². The summed E-state index contributed by atoms with van der Waals surface area (Å²) in [6.45, 7) is 0.351. The van der Waals surface area contributed by atoms with Crippen molar-refractivity contribution in [2.24, 2.45) is 0 Å². The molecular formula is C13H12O2S. The number of carbonyl (C=O) groups is 1. The number of hydrogen-bond donors (Lipinski definition) is 0. The molecule has 2 nitrogen and oxygen atoms in total. The lowest BCUT2D eigenvalue weighted by Crippen LogP contribution is -2.07. The minimum absolute atomic E-state index is 0.178. The van der Waals surface area contributed by atoms with Crippen LogP contribution in [0.4, 0.5) is 0 Å². The van der Waals surface area contributed by atoms with Crippen LogP contribution in [-0.4, -0.2) is 5.97 Å². The largest absolute Gasteiger partial charge is 0.461 e. The average Bonchev–Trinajstić information content (AvgIpc) is 2.81. The van der Waals surface area contributed by atoms with Gasteiger partial charge in [-0.1, -0.05) is 30.3 Å². The van der Waals surface area contributed by atoms with Crippen LogP contribution in [0.5, 0.6) is 0 Å². The number of carbonyl (C=O) groups excluding carboxylic acids is 1. The molecule has 0 unspecified atom stereocenters. The first-order valence-corrected chi connectivity index (χ1v) is 5.99. The Morgan fingerprint density at radius 3 is 2.62 bits per heavy atom. The Balaban J connectivity index is 1.80. The molecule has 0 aliphatic carbocycles. The summed E-state index contributed by atoms with van der Waals surface area (Å²) in [5, 5.41) is 3.92. The van der Waals surface area contributed by atoms with Crippen molar-refractivity contribution >= 4 is 17.3 Å². The van der Waals surface area contributed by atoms with Crippen molar-refractivity contribution in [3.63, 3.8) is 0 Å². The van der Waals surface area contributed by atoms with E-state index in [4.69, 9.17) is 4.74 Å². The summed E-state index contributed by atoms with van der Waals surface area (Å²) in [6, 6.07) is 11.6. The molecule has 0 saturated heterocycles. The predicted molar refractivity (Wildman–Crippen MR) is 64.3 cm³/mol. The highest BCUT2D eigenvalue weighted by Gasteiger charge is 2.05. The summed E-state index contributed by atoms with van der Waals surface area (Å²) in [5.74, 6) is -0.178. The van der Waals surface area contributed by atoms with Gasteiger partial charge in [0.15, 0.2) is 0 Å². The van der Waals surface area contributed by atoms with E-state index in [-0.39, 0.29) is 5.97 Å². The molecule has 0 fully saturated rings. The van der Waals surface area contributed by atoms with Gasteiger partial charge in [-0.25, -0.2) is 0 Å². The summed E-state index contributed by atoms with van der Waals surface area (Å²) in [4.78, 5) is 11.5. The maximum atomic E-state index is 11.5. The van der Waals surface area contributed by atoms with Gasteiger partial charge in [0.05, 0.1) is 6.42 Å². The van der Waals surface area contributed by atoms with Crippen molar-refractivity contribution < 1.29 is 9.53 Å². The van der Waals surface area contributed by atoms with E-state index in [0.717, 1.165) is 11.1 Å². The monoisotopic (exact) mass is 232 g/mol. The molecule has 0 N–H and O–H groups in total. The van der Waals surface area contributed by atoms with Crippen molar-refractivity contribution in [3.05, 3.63) is 58.3 Å². The third kappa shape index (κ3) is 3.21. The molecule has 1 aromatic carbocycles. The zero-order chi connectivity index (χ0) is 11.2. The molecule has 0 bridgehead atoms. The second-order valence-corrected chi connectivity index (χ2v) is 4.23. The summed E-state index contributed by atoms with van der Waals surface area (Å²) in [7, 11) is 0. The predicted octanol–water partition coefficient (Wildman–Crippen LogP) is 3.03. The average molecular weight is 232 g/mol. The van der Waals surface area contributed by atoms with Crippen LogP contribution in [0.25, 0.3) is 0 Å². The first-order chi connectivity index (χ1) is 7.84. The molecule has 82 valence electrons. The fourth-order valence-corrected chi connectivity index (χ4v) is 2.02. The van der Waals surface area contributed by atoms with Crippen LogP contribution in [0.2, 0.25) is 0 Å². The Hall–Kier alpha value is -1.61. The van der Waals surface area contributed by atoms with Gasteiger partial charge in [-0.2, -0.15) is 11.3 Å². The van der Waals surface area contributed by atoms with E-state index in [0.29, 0.717) is 13.0 Å². The van der Waals surface area contributed by atoms with Gasteiger partial charge >= 0.3 is 5.97 Å². The van der Waals surface area contributed by atoms with Crippen LogP contribution >= 0.6 is 11.3 Å². The van der Waals surface area contributed by atoms with Crippen LogP contribution in [0, 0.1) is 0 Å². The van der Waals surface area contributed by atoms with E-state index >= 15 is 0 Å². The lowest BCUT2D eigenvalue weighted by Gasteiger charge is -2.03. The van der Waals surface area contributed by atoms with Gasteiger partial charge in [0.2, 0.25) is 0 Å². The highest BCUT2D eigenvalue weighted by atomic mass is 32.1. The summed E-state index contributed by atoms with van der Waals surface area (Å²) < 4.78 is 5.17. The Morgan fingerprint density at radius 1 is 1.12 bits per heavy atom. The van der Waals surface area contributed by atoms with Crippen LogP contribution < -0.4 is 0 Å². The number of rotatable bonds is 4. The number of benzene rings is 1. The SMILES string of the molecule is O=C(Cc1ccsc1)OCc1ccccc1. The third-order valence-corrected chi connectivity index (χ3v) is 2.90. The van der Waals surface area contributed by atoms with Gasteiger partial charge in [0, 0.05) is 0 Å².